The summed E-state index contributed by atoms with van der Waals surface area (Å²) in [5.41, 5.74) is 6.94. The number of carbonyl (C=O) groups excluding carboxylic acids is 3. The summed E-state index contributed by atoms with van der Waals surface area (Å²) in [7, 11) is 0. The predicted octanol–water partition coefficient (Wildman–Crippen LogP) is 4.31. The fraction of sp³-hybridized carbons (Fsp3) is 0.154. The van der Waals surface area contributed by atoms with E-state index in [9.17, 15) is 14.4 Å². The first-order valence-electron chi connectivity index (χ1n) is 10.4. The van der Waals surface area contributed by atoms with Crippen LogP contribution in [0.25, 0.3) is 0 Å². The van der Waals surface area contributed by atoms with Crippen molar-refractivity contribution in [3.8, 4) is 5.75 Å². The van der Waals surface area contributed by atoms with Gasteiger partial charge >= 0.3 is 17.8 Å². The molecule has 2 N–H and O–H groups in total. The largest absolute Gasteiger partial charge is 0.422 e. The topological polar surface area (TPSA) is 96.9 Å². The van der Waals surface area contributed by atoms with Crippen LogP contribution in [-0.4, -0.2) is 23.5 Å². The highest BCUT2D eigenvalue weighted by atomic mass is 16.5. The van der Waals surface area contributed by atoms with Crippen LogP contribution in [0.1, 0.15) is 39.5 Å². The molecule has 3 rings (SSSR count). The number of esters is 1. The minimum absolute atomic E-state index is 0.290. The Hall–Kier alpha value is -4.26. The Balaban J connectivity index is 1.69. The first-order chi connectivity index (χ1) is 15.7. The molecule has 7 nitrogen and oxygen atoms in total. The summed E-state index contributed by atoms with van der Waals surface area (Å²) in [6.07, 6.45) is 0. The number of para-hydroxylation sites is 1. The van der Waals surface area contributed by atoms with Gasteiger partial charge in [0.25, 0.3) is 0 Å². The molecule has 0 unspecified atom stereocenters. The van der Waals surface area contributed by atoms with E-state index in [2.05, 4.69) is 15.8 Å². The van der Waals surface area contributed by atoms with Crippen molar-refractivity contribution in [2.24, 2.45) is 5.10 Å². The molecule has 0 aliphatic carbocycles. The monoisotopic (exact) mass is 443 g/mol. The van der Waals surface area contributed by atoms with Crippen LogP contribution >= 0.6 is 0 Å². The highest BCUT2D eigenvalue weighted by molar-refractivity contribution is 6.39. The number of hydrazone groups is 1. The molecule has 0 aromatic heterocycles. The second-order valence-corrected chi connectivity index (χ2v) is 7.66. The minimum atomic E-state index is -0.913. The maximum atomic E-state index is 12.5. The summed E-state index contributed by atoms with van der Waals surface area (Å²) < 4.78 is 5.54. The van der Waals surface area contributed by atoms with E-state index < -0.39 is 17.8 Å². The number of nitrogens with one attached hydrogen (secondary N) is 2. The molecular formula is C26H25N3O4. The van der Waals surface area contributed by atoms with Gasteiger partial charge < -0.3 is 10.1 Å². The maximum absolute atomic E-state index is 12.5. The van der Waals surface area contributed by atoms with Crippen molar-refractivity contribution in [2.45, 2.75) is 27.7 Å². The number of rotatable bonds is 5. The van der Waals surface area contributed by atoms with E-state index in [0.717, 1.165) is 16.7 Å². The molecule has 0 aliphatic heterocycles. The SMILES string of the molecule is CC(=NNC(=O)C(=O)Nc1cc(C)ccc1C)c1ccccc1OC(=O)c1ccc(C)cc1. The van der Waals surface area contributed by atoms with Crippen LogP contribution in [0.5, 0.6) is 5.75 Å². The van der Waals surface area contributed by atoms with E-state index in [1.165, 1.54) is 0 Å². The standard InChI is InChI=1S/C26H25N3O4/c1-16-10-13-20(14-11-16)26(32)33-23-8-6-5-7-21(23)19(4)28-29-25(31)24(30)27-22-15-17(2)9-12-18(22)3/h5-15H,1-4H3,(H,27,30)(H,29,31). The first-order valence-corrected chi connectivity index (χ1v) is 10.4. The van der Waals surface area contributed by atoms with Gasteiger partial charge in [-0.1, -0.05) is 42.0 Å². The van der Waals surface area contributed by atoms with Gasteiger partial charge in [-0.3, -0.25) is 9.59 Å². The fourth-order valence-electron chi connectivity index (χ4n) is 3.00. The zero-order valence-corrected chi connectivity index (χ0v) is 18.9. The number of hydrogen-bond acceptors (Lipinski definition) is 5. The van der Waals surface area contributed by atoms with Gasteiger partial charge in [0.2, 0.25) is 0 Å². The Labute approximate surface area is 192 Å². The quantitative estimate of drug-likeness (QED) is 0.202. The molecule has 0 saturated carbocycles. The molecule has 0 spiro atoms. The van der Waals surface area contributed by atoms with E-state index in [1.54, 1.807) is 49.4 Å². The lowest BCUT2D eigenvalue weighted by Crippen LogP contribution is -2.33. The van der Waals surface area contributed by atoms with Crippen LogP contribution in [0.15, 0.2) is 71.8 Å². The van der Waals surface area contributed by atoms with E-state index in [4.69, 9.17) is 4.74 Å². The summed E-state index contributed by atoms with van der Waals surface area (Å²) in [6.45, 7) is 7.30. The zero-order valence-electron chi connectivity index (χ0n) is 18.9. The van der Waals surface area contributed by atoms with Gasteiger partial charge in [-0.05, 0) is 69.2 Å². The van der Waals surface area contributed by atoms with Crippen LogP contribution in [0.3, 0.4) is 0 Å². The number of carbonyl (C=O) groups is 3. The molecule has 2 amide bonds. The molecule has 168 valence electrons. The number of anilines is 1. The second kappa shape index (κ2) is 10.4. The first kappa shape index (κ1) is 23.4. The molecule has 0 heterocycles. The molecule has 3 aromatic carbocycles. The Morgan fingerprint density at radius 2 is 1.48 bits per heavy atom. The molecule has 0 bridgehead atoms. The average molecular weight is 444 g/mol. The molecule has 0 atom stereocenters. The molecule has 7 heteroatoms. The van der Waals surface area contributed by atoms with Crippen LogP contribution < -0.4 is 15.5 Å². The Morgan fingerprint density at radius 1 is 0.818 bits per heavy atom. The van der Waals surface area contributed by atoms with Crippen molar-refractivity contribution < 1.29 is 19.1 Å². The van der Waals surface area contributed by atoms with Crippen molar-refractivity contribution >= 4 is 29.2 Å². The van der Waals surface area contributed by atoms with Crippen LogP contribution in [0, 0.1) is 20.8 Å². The molecule has 0 radical (unpaired) electrons. The lowest BCUT2D eigenvalue weighted by Gasteiger charge is -2.11. The van der Waals surface area contributed by atoms with Gasteiger partial charge in [0.1, 0.15) is 5.75 Å². The van der Waals surface area contributed by atoms with Gasteiger partial charge in [0.05, 0.1) is 11.3 Å². The fourth-order valence-corrected chi connectivity index (χ4v) is 3.00. The maximum Gasteiger partial charge on any atom is 0.343 e. The second-order valence-electron chi connectivity index (χ2n) is 7.66. The van der Waals surface area contributed by atoms with E-state index in [-0.39, 0.29) is 0 Å². The highest BCUT2D eigenvalue weighted by Gasteiger charge is 2.16. The van der Waals surface area contributed by atoms with E-state index in [0.29, 0.717) is 28.3 Å². The lowest BCUT2D eigenvalue weighted by atomic mass is 10.1. The number of nitrogens with zero attached hydrogens (tertiary/aromatic N) is 1. The van der Waals surface area contributed by atoms with Crippen LogP contribution in [0.4, 0.5) is 5.69 Å². The smallest absolute Gasteiger partial charge is 0.343 e. The van der Waals surface area contributed by atoms with Crippen molar-refractivity contribution in [3.05, 3.63) is 94.5 Å². The summed E-state index contributed by atoms with van der Waals surface area (Å²) in [5, 5.41) is 6.60. The number of ether oxygens (including phenoxy) is 1. The lowest BCUT2D eigenvalue weighted by molar-refractivity contribution is -0.136. The number of benzene rings is 3. The number of hydrogen-bond donors (Lipinski definition) is 2. The van der Waals surface area contributed by atoms with Crippen LogP contribution in [0.2, 0.25) is 0 Å². The average Bonchev–Trinajstić information content (AvgIpc) is 2.80. The molecule has 0 aliphatic rings. The molecule has 33 heavy (non-hydrogen) atoms. The molecule has 0 fully saturated rings. The third-order valence-electron chi connectivity index (χ3n) is 4.94. The third kappa shape index (κ3) is 6.13. The van der Waals surface area contributed by atoms with Crippen molar-refractivity contribution in [1.29, 1.82) is 0 Å². The van der Waals surface area contributed by atoms with Crippen molar-refractivity contribution in [1.82, 2.24) is 5.43 Å². The molecular weight excluding hydrogens is 418 g/mol. The summed E-state index contributed by atoms with van der Waals surface area (Å²) in [5.74, 6) is -1.96. The van der Waals surface area contributed by atoms with Gasteiger partial charge in [0.15, 0.2) is 0 Å². The van der Waals surface area contributed by atoms with Gasteiger partial charge in [-0.2, -0.15) is 5.10 Å². The summed E-state index contributed by atoms with van der Waals surface area (Å²) in [6, 6.07) is 19.4. The van der Waals surface area contributed by atoms with Crippen molar-refractivity contribution in [3.63, 3.8) is 0 Å². The third-order valence-corrected chi connectivity index (χ3v) is 4.94. The Morgan fingerprint density at radius 3 is 2.21 bits per heavy atom. The Bertz CT molecular complexity index is 1230. The summed E-state index contributed by atoms with van der Waals surface area (Å²) in [4.78, 5) is 37.0. The highest BCUT2D eigenvalue weighted by Crippen LogP contribution is 2.21. The normalized spacial score (nSPS) is 11.0. The van der Waals surface area contributed by atoms with E-state index in [1.807, 2.05) is 45.0 Å². The molecule has 0 saturated heterocycles. The number of amides is 2. The van der Waals surface area contributed by atoms with Crippen LogP contribution in [-0.2, 0) is 9.59 Å². The van der Waals surface area contributed by atoms with Crippen molar-refractivity contribution in [2.75, 3.05) is 5.32 Å². The minimum Gasteiger partial charge on any atom is -0.422 e. The van der Waals surface area contributed by atoms with Gasteiger partial charge in [0, 0.05) is 11.3 Å². The molecule has 3 aromatic rings. The predicted molar refractivity (Wildman–Crippen MR) is 127 cm³/mol. The number of aryl methyl sites for hydroxylation is 3. The van der Waals surface area contributed by atoms with Gasteiger partial charge in [-0.25, -0.2) is 10.2 Å². The zero-order chi connectivity index (χ0) is 24.0. The Kier molecular flexibility index (Phi) is 7.35. The summed E-state index contributed by atoms with van der Waals surface area (Å²) >= 11 is 0. The van der Waals surface area contributed by atoms with Gasteiger partial charge in [-0.15, -0.1) is 0 Å². The van der Waals surface area contributed by atoms with E-state index >= 15 is 0 Å².